The van der Waals surface area contributed by atoms with E-state index in [0.717, 1.165) is 16.7 Å². The van der Waals surface area contributed by atoms with Gasteiger partial charge in [0.25, 0.3) is 0 Å². The van der Waals surface area contributed by atoms with E-state index in [9.17, 15) is 14.4 Å². The number of nitrogens with one attached hydrogen (secondary N) is 1. The van der Waals surface area contributed by atoms with Crippen LogP contribution in [0.2, 0.25) is 0 Å². The van der Waals surface area contributed by atoms with Crippen molar-refractivity contribution in [2.45, 2.75) is 33.0 Å². The molecular weight excluding hydrogens is 404 g/mol. The van der Waals surface area contributed by atoms with Crippen LogP contribution in [0.15, 0.2) is 82.5 Å². The minimum absolute atomic E-state index is 0.222. The number of nitrogens with zero attached hydrogens (tertiary/aromatic N) is 3. The molecule has 1 atom stereocenters. The Kier molecular flexibility index (Phi) is 5.98. The fourth-order valence-corrected chi connectivity index (χ4v) is 3.68. The van der Waals surface area contributed by atoms with Gasteiger partial charge in [-0.1, -0.05) is 60.2 Å². The number of carbonyl (C=O) groups excluding carboxylic acids is 1. The summed E-state index contributed by atoms with van der Waals surface area (Å²) in [6, 6.07) is 20.4. The number of carbonyl (C=O) groups is 1. The minimum atomic E-state index is -0.750. The number of benzene rings is 2. The zero-order valence-electron chi connectivity index (χ0n) is 18.0. The molecule has 0 fully saturated rings. The number of aryl methyl sites for hydroxylation is 1. The SMILES string of the molecule is Cc1ccc(Cn2c(=O)c(=O)n(CC(=O)N[C@H](C)c3ccccc3)c3cccnc32)cc1. The maximum absolute atomic E-state index is 13.0. The maximum Gasteiger partial charge on any atom is 0.318 e. The Morgan fingerprint density at radius 1 is 0.938 bits per heavy atom. The third-order valence-electron chi connectivity index (χ3n) is 5.43. The van der Waals surface area contributed by atoms with E-state index in [-0.39, 0.29) is 25.0 Å². The molecule has 2 aromatic carbocycles. The molecule has 0 unspecified atom stereocenters. The number of pyridine rings is 1. The second-order valence-corrected chi connectivity index (χ2v) is 7.81. The highest BCUT2D eigenvalue weighted by Crippen LogP contribution is 2.13. The number of hydrogen-bond acceptors (Lipinski definition) is 4. The third-order valence-corrected chi connectivity index (χ3v) is 5.43. The highest BCUT2D eigenvalue weighted by Gasteiger charge is 2.17. The van der Waals surface area contributed by atoms with Crippen LogP contribution in [0.3, 0.4) is 0 Å². The van der Waals surface area contributed by atoms with E-state index < -0.39 is 11.1 Å². The lowest BCUT2D eigenvalue weighted by atomic mass is 10.1. The van der Waals surface area contributed by atoms with Crippen molar-refractivity contribution in [3.05, 3.63) is 110 Å². The van der Waals surface area contributed by atoms with E-state index in [2.05, 4.69) is 10.3 Å². The second kappa shape index (κ2) is 9.01. The van der Waals surface area contributed by atoms with Gasteiger partial charge in [0.15, 0.2) is 5.65 Å². The van der Waals surface area contributed by atoms with Crippen molar-refractivity contribution in [1.82, 2.24) is 19.4 Å². The summed E-state index contributed by atoms with van der Waals surface area (Å²) >= 11 is 0. The van der Waals surface area contributed by atoms with E-state index in [0.29, 0.717) is 11.2 Å². The Balaban J connectivity index is 1.68. The van der Waals surface area contributed by atoms with Crippen molar-refractivity contribution in [1.29, 1.82) is 0 Å². The minimum Gasteiger partial charge on any atom is -0.348 e. The van der Waals surface area contributed by atoms with Crippen LogP contribution in [0.4, 0.5) is 0 Å². The molecule has 0 saturated carbocycles. The van der Waals surface area contributed by atoms with Gasteiger partial charge in [-0.25, -0.2) is 4.98 Å². The first-order valence-electron chi connectivity index (χ1n) is 10.4. The highest BCUT2D eigenvalue weighted by molar-refractivity contribution is 5.79. The lowest BCUT2D eigenvalue weighted by molar-refractivity contribution is -0.122. The first kappa shape index (κ1) is 21.2. The van der Waals surface area contributed by atoms with Gasteiger partial charge in [0.05, 0.1) is 18.1 Å². The van der Waals surface area contributed by atoms with Gasteiger partial charge in [0, 0.05) is 6.20 Å². The molecule has 7 nitrogen and oxygen atoms in total. The van der Waals surface area contributed by atoms with Gasteiger partial charge in [-0.2, -0.15) is 0 Å². The zero-order chi connectivity index (χ0) is 22.7. The molecule has 7 heteroatoms. The van der Waals surface area contributed by atoms with Gasteiger partial charge < -0.3 is 5.32 Å². The van der Waals surface area contributed by atoms with E-state index >= 15 is 0 Å². The molecule has 0 radical (unpaired) electrons. The van der Waals surface area contributed by atoms with Crippen molar-refractivity contribution in [3.63, 3.8) is 0 Å². The monoisotopic (exact) mass is 428 g/mol. The largest absolute Gasteiger partial charge is 0.348 e. The van der Waals surface area contributed by atoms with Crippen molar-refractivity contribution in [2.24, 2.45) is 0 Å². The number of hydrogen-bond donors (Lipinski definition) is 1. The van der Waals surface area contributed by atoms with Crippen molar-refractivity contribution in [2.75, 3.05) is 0 Å². The van der Waals surface area contributed by atoms with Gasteiger partial charge in [0.1, 0.15) is 6.54 Å². The Morgan fingerprint density at radius 2 is 1.62 bits per heavy atom. The van der Waals surface area contributed by atoms with Gasteiger partial charge >= 0.3 is 11.1 Å². The standard InChI is InChI=1S/C25H24N4O3/c1-17-10-12-19(13-11-17)15-29-23-21(9-6-14-26-23)28(24(31)25(29)32)16-22(30)27-18(2)20-7-4-3-5-8-20/h3-14,18H,15-16H2,1-2H3,(H,27,30)/t18-/m1/s1. The van der Waals surface area contributed by atoms with Crippen molar-refractivity contribution >= 4 is 17.1 Å². The second-order valence-electron chi connectivity index (χ2n) is 7.81. The fourth-order valence-electron chi connectivity index (χ4n) is 3.68. The third kappa shape index (κ3) is 4.37. The van der Waals surface area contributed by atoms with Crippen LogP contribution in [0.1, 0.15) is 29.7 Å². The normalized spacial score (nSPS) is 11.9. The van der Waals surface area contributed by atoms with Crippen LogP contribution in [-0.4, -0.2) is 20.0 Å². The van der Waals surface area contributed by atoms with Gasteiger partial charge in [-0.15, -0.1) is 0 Å². The number of aromatic nitrogens is 3. The predicted octanol–water partition coefficient (Wildman–Crippen LogP) is 2.79. The number of rotatable bonds is 6. The Morgan fingerprint density at radius 3 is 2.34 bits per heavy atom. The van der Waals surface area contributed by atoms with E-state index in [1.54, 1.807) is 18.3 Å². The molecule has 2 heterocycles. The Bertz CT molecular complexity index is 1370. The number of amides is 1. The van der Waals surface area contributed by atoms with E-state index in [1.807, 2.05) is 68.4 Å². The quantitative estimate of drug-likeness (QED) is 0.479. The molecule has 0 saturated heterocycles. The summed E-state index contributed by atoms with van der Waals surface area (Å²) in [5.41, 5.74) is 2.29. The average molecular weight is 428 g/mol. The topological polar surface area (TPSA) is 86.0 Å². The van der Waals surface area contributed by atoms with E-state index in [4.69, 9.17) is 0 Å². The average Bonchev–Trinajstić information content (AvgIpc) is 2.81. The lowest BCUT2D eigenvalue weighted by Gasteiger charge is -2.17. The summed E-state index contributed by atoms with van der Waals surface area (Å²) in [4.78, 5) is 43.0. The highest BCUT2D eigenvalue weighted by atomic mass is 16.2. The molecule has 4 rings (SSSR count). The van der Waals surface area contributed by atoms with Crippen LogP contribution < -0.4 is 16.4 Å². The molecule has 1 amide bonds. The first-order chi connectivity index (χ1) is 15.4. The summed E-state index contributed by atoms with van der Waals surface area (Å²) in [6.07, 6.45) is 1.57. The Labute approximate surface area is 185 Å². The van der Waals surface area contributed by atoms with Gasteiger partial charge in [-0.05, 0) is 37.1 Å². The van der Waals surface area contributed by atoms with Gasteiger partial charge in [0.2, 0.25) is 5.91 Å². The first-order valence-corrected chi connectivity index (χ1v) is 10.4. The fraction of sp³-hybridized carbons (Fsp3) is 0.200. The summed E-state index contributed by atoms with van der Waals surface area (Å²) in [5, 5.41) is 2.89. The van der Waals surface area contributed by atoms with Crippen LogP contribution in [0.25, 0.3) is 11.2 Å². The summed E-state index contributed by atoms with van der Waals surface area (Å²) < 4.78 is 2.56. The maximum atomic E-state index is 13.0. The van der Waals surface area contributed by atoms with Crippen molar-refractivity contribution in [3.8, 4) is 0 Å². The Hall–Kier alpha value is -4.00. The molecular formula is C25H24N4O3. The summed E-state index contributed by atoms with van der Waals surface area (Å²) in [7, 11) is 0. The summed E-state index contributed by atoms with van der Waals surface area (Å²) in [5.74, 6) is -0.357. The smallest absolute Gasteiger partial charge is 0.318 e. The molecule has 0 aliphatic carbocycles. The lowest BCUT2D eigenvalue weighted by Crippen LogP contribution is -2.44. The van der Waals surface area contributed by atoms with Gasteiger partial charge in [-0.3, -0.25) is 23.5 Å². The molecule has 2 aromatic heterocycles. The predicted molar refractivity (Wildman–Crippen MR) is 124 cm³/mol. The molecule has 0 bridgehead atoms. The molecule has 4 aromatic rings. The summed E-state index contributed by atoms with van der Waals surface area (Å²) in [6.45, 7) is 3.81. The van der Waals surface area contributed by atoms with Crippen LogP contribution in [0, 0.1) is 6.92 Å². The molecule has 0 spiro atoms. The van der Waals surface area contributed by atoms with Crippen LogP contribution in [0.5, 0.6) is 0 Å². The molecule has 0 aliphatic rings. The van der Waals surface area contributed by atoms with Crippen LogP contribution >= 0.6 is 0 Å². The van der Waals surface area contributed by atoms with E-state index in [1.165, 1.54) is 9.13 Å². The molecule has 1 N–H and O–H groups in total. The molecule has 32 heavy (non-hydrogen) atoms. The van der Waals surface area contributed by atoms with Crippen molar-refractivity contribution < 1.29 is 4.79 Å². The molecule has 0 aliphatic heterocycles. The molecule has 162 valence electrons. The zero-order valence-corrected chi connectivity index (χ0v) is 18.0. The number of fused-ring (bicyclic) bond motifs is 1. The van der Waals surface area contributed by atoms with Crippen LogP contribution in [-0.2, 0) is 17.9 Å².